The van der Waals surface area contributed by atoms with E-state index in [0.29, 0.717) is 13.2 Å². The maximum atomic E-state index is 12.2. The Hall–Kier alpha value is -2.12. The second kappa shape index (κ2) is 17.4. The Morgan fingerprint density at radius 1 is 0.865 bits per heavy atom. The smallest absolute Gasteiger partial charge is 0.243 e. The number of nitrogens with zero attached hydrogens (tertiary/aromatic N) is 2. The highest BCUT2D eigenvalue weighted by atomic mass is 35.5. The van der Waals surface area contributed by atoms with E-state index in [9.17, 15) is 9.59 Å². The summed E-state index contributed by atoms with van der Waals surface area (Å²) < 4.78 is 10.6. The molecule has 2 aromatic rings. The largest absolute Gasteiger partial charge is 0.383 e. The molecule has 1 unspecified atom stereocenters. The minimum absolute atomic E-state index is 0.0223. The van der Waals surface area contributed by atoms with Gasteiger partial charge in [-0.25, -0.2) is 0 Å². The number of hydrogen-bond acceptors (Lipinski definition) is 4. The molecule has 0 saturated heterocycles. The van der Waals surface area contributed by atoms with Gasteiger partial charge in [0.05, 0.1) is 24.0 Å². The Balaban J connectivity index is 0.000000371. The summed E-state index contributed by atoms with van der Waals surface area (Å²) >= 11 is 11.4. The van der Waals surface area contributed by atoms with Crippen LogP contribution < -0.4 is 9.80 Å². The van der Waals surface area contributed by atoms with Gasteiger partial charge in [0.2, 0.25) is 11.8 Å². The van der Waals surface area contributed by atoms with Gasteiger partial charge in [-0.2, -0.15) is 0 Å². The summed E-state index contributed by atoms with van der Waals surface area (Å²) in [5.74, 6) is -0.278. The number of amides is 2. The van der Waals surface area contributed by atoms with Crippen LogP contribution in [-0.2, 0) is 31.9 Å². The van der Waals surface area contributed by atoms with Crippen molar-refractivity contribution < 1.29 is 19.1 Å². The molecular weight excluding hydrogens is 511 g/mol. The predicted octanol–water partition coefficient (Wildman–Crippen LogP) is 6.29. The zero-order valence-electron chi connectivity index (χ0n) is 23.3. The van der Waals surface area contributed by atoms with Crippen molar-refractivity contribution >= 4 is 46.4 Å². The minimum Gasteiger partial charge on any atom is -0.383 e. The first-order valence-corrected chi connectivity index (χ1v) is 13.8. The summed E-state index contributed by atoms with van der Waals surface area (Å²) in [5.41, 5.74) is 6.34. The molecular formula is C29H42Cl2N2O4. The van der Waals surface area contributed by atoms with Crippen LogP contribution in [0.1, 0.15) is 49.9 Å². The van der Waals surface area contributed by atoms with Gasteiger partial charge in [-0.15, -0.1) is 23.2 Å². The van der Waals surface area contributed by atoms with Gasteiger partial charge in [-0.05, 0) is 62.8 Å². The van der Waals surface area contributed by atoms with Gasteiger partial charge >= 0.3 is 0 Å². The van der Waals surface area contributed by atoms with Crippen molar-refractivity contribution in [2.75, 3.05) is 48.6 Å². The molecule has 0 spiro atoms. The van der Waals surface area contributed by atoms with E-state index >= 15 is 0 Å². The summed E-state index contributed by atoms with van der Waals surface area (Å²) in [5, 5.41) is 0. The van der Waals surface area contributed by atoms with E-state index in [1.165, 1.54) is 0 Å². The van der Waals surface area contributed by atoms with Crippen molar-refractivity contribution in [3.63, 3.8) is 0 Å². The molecule has 1 atom stereocenters. The number of alkyl halides is 2. The highest BCUT2D eigenvalue weighted by Gasteiger charge is 2.24. The second-order valence-electron chi connectivity index (χ2n) is 8.65. The first-order valence-electron chi connectivity index (χ1n) is 12.7. The van der Waals surface area contributed by atoms with Crippen LogP contribution in [0.25, 0.3) is 0 Å². The Labute approximate surface area is 232 Å². The van der Waals surface area contributed by atoms with E-state index in [-0.39, 0.29) is 36.3 Å². The number of anilines is 2. The van der Waals surface area contributed by atoms with Crippen LogP contribution in [0.3, 0.4) is 0 Å². The van der Waals surface area contributed by atoms with Crippen molar-refractivity contribution in [3.05, 3.63) is 58.7 Å². The molecule has 0 saturated carbocycles. The normalized spacial score (nSPS) is 11.4. The SMILES string of the molecule is CCOCN(C(=O)CCl)c1c(C)cccc1CC.CCc1cccc(C)c1N(C(=O)CCl)C(C)COC. The minimum atomic E-state index is -0.130. The summed E-state index contributed by atoms with van der Waals surface area (Å²) in [6, 6.07) is 12.1. The van der Waals surface area contributed by atoms with Gasteiger partial charge in [0.15, 0.2) is 0 Å². The summed E-state index contributed by atoms with van der Waals surface area (Å²) in [6.07, 6.45) is 1.75. The van der Waals surface area contributed by atoms with Crippen molar-refractivity contribution in [2.45, 2.75) is 60.4 Å². The number of rotatable bonds is 12. The average molecular weight is 554 g/mol. The maximum absolute atomic E-state index is 12.2. The lowest BCUT2D eigenvalue weighted by atomic mass is 10.0. The maximum Gasteiger partial charge on any atom is 0.243 e. The van der Waals surface area contributed by atoms with Crippen LogP contribution in [0.15, 0.2) is 36.4 Å². The van der Waals surface area contributed by atoms with E-state index in [1.54, 1.807) is 16.9 Å². The van der Waals surface area contributed by atoms with Crippen LogP contribution >= 0.6 is 23.2 Å². The van der Waals surface area contributed by atoms with Crippen LogP contribution in [0.2, 0.25) is 0 Å². The molecule has 37 heavy (non-hydrogen) atoms. The third-order valence-corrected chi connectivity index (χ3v) is 6.44. The Bertz CT molecular complexity index is 1000. The number of para-hydroxylation sites is 2. The molecule has 206 valence electrons. The van der Waals surface area contributed by atoms with Gasteiger partial charge in [0.25, 0.3) is 0 Å². The fourth-order valence-corrected chi connectivity index (χ4v) is 4.50. The molecule has 0 N–H and O–H groups in total. The van der Waals surface area contributed by atoms with Crippen molar-refractivity contribution in [3.8, 4) is 0 Å². The zero-order chi connectivity index (χ0) is 28.0. The summed E-state index contributed by atoms with van der Waals surface area (Å²) in [7, 11) is 1.64. The third kappa shape index (κ3) is 9.29. The number of ether oxygens (including phenoxy) is 2. The van der Waals surface area contributed by atoms with E-state index in [2.05, 4.69) is 19.9 Å². The molecule has 0 aliphatic heterocycles. The Kier molecular flexibility index (Phi) is 15.5. The topological polar surface area (TPSA) is 59.1 Å². The lowest BCUT2D eigenvalue weighted by Gasteiger charge is -2.31. The van der Waals surface area contributed by atoms with Gasteiger partial charge in [-0.3, -0.25) is 14.5 Å². The zero-order valence-corrected chi connectivity index (χ0v) is 24.8. The first-order chi connectivity index (χ1) is 17.7. The molecule has 0 aliphatic rings. The van der Waals surface area contributed by atoms with Crippen molar-refractivity contribution in [1.82, 2.24) is 0 Å². The summed E-state index contributed by atoms with van der Waals surface area (Å²) in [6.45, 7) is 13.4. The molecule has 0 radical (unpaired) electrons. The predicted molar refractivity (Wildman–Crippen MR) is 155 cm³/mol. The van der Waals surface area contributed by atoms with Crippen LogP contribution in [-0.4, -0.2) is 56.7 Å². The molecule has 2 aromatic carbocycles. The average Bonchev–Trinajstić information content (AvgIpc) is 2.90. The molecule has 0 aliphatic carbocycles. The fourth-order valence-electron chi connectivity index (χ4n) is 4.23. The van der Waals surface area contributed by atoms with E-state index in [4.69, 9.17) is 32.7 Å². The second-order valence-corrected chi connectivity index (χ2v) is 9.19. The van der Waals surface area contributed by atoms with Crippen molar-refractivity contribution in [1.29, 1.82) is 0 Å². The number of carbonyl (C=O) groups excluding carboxylic acids is 2. The van der Waals surface area contributed by atoms with E-state index in [0.717, 1.165) is 46.5 Å². The fraction of sp³-hybridized carbons (Fsp3) is 0.517. The highest BCUT2D eigenvalue weighted by Crippen LogP contribution is 2.28. The van der Waals surface area contributed by atoms with Gasteiger partial charge in [-0.1, -0.05) is 50.2 Å². The molecule has 8 heteroatoms. The molecule has 0 aromatic heterocycles. The molecule has 0 heterocycles. The number of benzene rings is 2. The van der Waals surface area contributed by atoms with Gasteiger partial charge in [0.1, 0.15) is 18.5 Å². The number of methoxy groups -OCH3 is 1. The molecule has 6 nitrogen and oxygen atoms in total. The number of hydrogen-bond donors (Lipinski definition) is 0. The monoisotopic (exact) mass is 552 g/mol. The van der Waals surface area contributed by atoms with Crippen LogP contribution in [0, 0.1) is 13.8 Å². The number of carbonyl (C=O) groups is 2. The molecule has 2 amide bonds. The standard InChI is InChI=1S/C15H22ClNO2.C14H20ClNO2/c1-5-13-8-6-7-11(2)15(13)17(14(18)9-16)12(3)10-19-4;1-4-12-8-6-7-11(3)14(12)16(10-18-5-2)13(17)9-15/h6-8,12H,5,9-10H2,1-4H3;6-8H,4-5,9-10H2,1-3H3. The Morgan fingerprint density at radius 3 is 1.84 bits per heavy atom. The molecule has 0 bridgehead atoms. The van der Waals surface area contributed by atoms with Gasteiger partial charge in [0, 0.05) is 13.7 Å². The number of aryl methyl sites for hydroxylation is 4. The van der Waals surface area contributed by atoms with Crippen LogP contribution in [0.5, 0.6) is 0 Å². The first kappa shape index (κ1) is 32.9. The van der Waals surface area contributed by atoms with Gasteiger partial charge < -0.3 is 14.4 Å². The lowest BCUT2D eigenvalue weighted by Crippen LogP contribution is -2.43. The van der Waals surface area contributed by atoms with Crippen molar-refractivity contribution in [2.24, 2.45) is 0 Å². The quantitative estimate of drug-likeness (QED) is 0.229. The lowest BCUT2D eigenvalue weighted by molar-refractivity contribution is -0.118. The number of halogens is 2. The Morgan fingerprint density at radius 2 is 1.38 bits per heavy atom. The highest BCUT2D eigenvalue weighted by molar-refractivity contribution is 6.30. The van der Waals surface area contributed by atoms with E-state index in [1.807, 2.05) is 58.0 Å². The molecule has 0 fully saturated rings. The van der Waals surface area contributed by atoms with Crippen LogP contribution in [0.4, 0.5) is 11.4 Å². The third-order valence-electron chi connectivity index (χ3n) is 5.99. The van der Waals surface area contributed by atoms with E-state index < -0.39 is 0 Å². The summed E-state index contributed by atoms with van der Waals surface area (Å²) in [4.78, 5) is 27.5. The molecule has 2 rings (SSSR count).